The molecule has 0 spiro atoms. The van der Waals surface area contributed by atoms with Gasteiger partial charge in [-0.3, -0.25) is 0 Å². The van der Waals surface area contributed by atoms with Crippen LogP contribution < -0.4 is 0 Å². The Morgan fingerprint density at radius 2 is 2.14 bits per heavy atom. The quantitative estimate of drug-likeness (QED) is 0.758. The fraction of sp³-hybridized carbons (Fsp3) is 0.364. The largest absolute Gasteiger partial charge is 0.612 e. The molecule has 0 aromatic heterocycles. The average Bonchev–Trinajstić information content (AvgIpc) is 2.91. The Hall–Kier alpha value is 0.01000. The van der Waals surface area contributed by atoms with Crippen LogP contribution in [0.3, 0.4) is 0 Å². The monoisotopic (exact) mass is 271 g/mol. The summed E-state index contributed by atoms with van der Waals surface area (Å²) >= 11 is 2.64. The summed E-state index contributed by atoms with van der Waals surface area (Å²) in [6.45, 7) is 2.02. The van der Waals surface area contributed by atoms with Crippen molar-refractivity contribution in [3.05, 3.63) is 34.2 Å². The van der Waals surface area contributed by atoms with Gasteiger partial charge in [0.2, 0.25) is 0 Å². The van der Waals surface area contributed by atoms with Crippen molar-refractivity contribution >= 4 is 27.1 Å². The molecular formula is C11H12BrOS. The first-order chi connectivity index (χ1) is 6.61. The van der Waals surface area contributed by atoms with Crippen molar-refractivity contribution < 1.29 is 4.55 Å². The Labute approximate surface area is 96.2 Å². The lowest BCUT2D eigenvalue weighted by molar-refractivity contribution is 0.599. The van der Waals surface area contributed by atoms with Crippen molar-refractivity contribution in [2.45, 2.75) is 24.2 Å². The molecule has 1 aromatic carbocycles. The topological polar surface area (TPSA) is 23.1 Å². The number of aryl methyl sites for hydroxylation is 1. The van der Waals surface area contributed by atoms with Crippen LogP contribution in [0, 0.1) is 13.3 Å². The summed E-state index contributed by atoms with van der Waals surface area (Å²) in [7, 11) is 0. The molecule has 2 unspecified atom stereocenters. The maximum absolute atomic E-state index is 11.6. The van der Waals surface area contributed by atoms with Gasteiger partial charge < -0.3 is 4.55 Å². The van der Waals surface area contributed by atoms with Crippen LogP contribution in [0.25, 0.3) is 0 Å². The Morgan fingerprint density at radius 1 is 1.50 bits per heavy atom. The van der Waals surface area contributed by atoms with Crippen molar-refractivity contribution in [3.8, 4) is 0 Å². The van der Waals surface area contributed by atoms with Gasteiger partial charge >= 0.3 is 0 Å². The highest BCUT2D eigenvalue weighted by molar-refractivity contribution is 9.10. The first-order valence-electron chi connectivity index (χ1n) is 4.57. The molecule has 0 bridgehead atoms. The highest BCUT2D eigenvalue weighted by atomic mass is 79.9. The normalized spacial score (nSPS) is 18.3. The molecule has 0 heterocycles. The van der Waals surface area contributed by atoms with Crippen LogP contribution in [0.4, 0.5) is 0 Å². The van der Waals surface area contributed by atoms with Crippen LogP contribution in [0.2, 0.25) is 0 Å². The number of rotatable bonds is 2. The van der Waals surface area contributed by atoms with Gasteiger partial charge in [0.25, 0.3) is 0 Å². The molecule has 0 saturated heterocycles. The van der Waals surface area contributed by atoms with Crippen molar-refractivity contribution in [1.82, 2.24) is 0 Å². The molecule has 3 heteroatoms. The van der Waals surface area contributed by atoms with Gasteiger partial charge in [-0.2, -0.15) is 0 Å². The highest BCUT2D eigenvalue weighted by Gasteiger charge is 2.32. The minimum Gasteiger partial charge on any atom is -0.612 e. The van der Waals surface area contributed by atoms with Crippen molar-refractivity contribution in [1.29, 1.82) is 0 Å². The van der Waals surface area contributed by atoms with Crippen molar-refractivity contribution in [2.75, 3.05) is 6.26 Å². The van der Waals surface area contributed by atoms with E-state index in [0.29, 0.717) is 5.92 Å². The molecule has 1 aliphatic carbocycles. The van der Waals surface area contributed by atoms with E-state index in [-0.39, 0.29) is 0 Å². The first-order valence-corrected chi connectivity index (χ1v) is 6.92. The van der Waals surface area contributed by atoms with Crippen LogP contribution in [0.1, 0.15) is 23.5 Å². The fourth-order valence-electron chi connectivity index (χ4n) is 1.72. The van der Waals surface area contributed by atoms with E-state index in [1.165, 1.54) is 5.56 Å². The molecule has 1 radical (unpaired) electrons. The molecule has 0 aliphatic heterocycles. The van der Waals surface area contributed by atoms with Crippen LogP contribution >= 0.6 is 15.9 Å². The number of hydrogen-bond donors (Lipinski definition) is 0. The lowest BCUT2D eigenvalue weighted by atomic mass is 10.1. The summed E-state index contributed by atoms with van der Waals surface area (Å²) in [6, 6.07) is 4.07. The summed E-state index contributed by atoms with van der Waals surface area (Å²) in [5, 5.41) is 0. The summed E-state index contributed by atoms with van der Waals surface area (Å²) in [5.74, 6) is 0.517. The first kappa shape index (κ1) is 10.5. The van der Waals surface area contributed by atoms with Crippen molar-refractivity contribution in [3.63, 3.8) is 0 Å². The Balaban J connectivity index is 2.57. The van der Waals surface area contributed by atoms with E-state index < -0.39 is 11.2 Å². The summed E-state index contributed by atoms with van der Waals surface area (Å²) in [6.07, 6.45) is 5.11. The third-order valence-corrected chi connectivity index (χ3v) is 4.28. The Kier molecular flexibility index (Phi) is 2.91. The average molecular weight is 272 g/mol. The van der Waals surface area contributed by atoms with Crippen LogP contribution in [-0.4, -0.2) is 10.8 Å². The van der Waals surface area contributed by atoms with Crippen LogP contribution in [0.15, 0.2) is 21.5 Å². The second kappa shape index (κ2) is 3.87. The maximum Gasteiger partial charge on any atom is 0.159 e. The number of hydrogen-bond acceptors (Lipinski definition) is 1. The number of halogens is 1. The zero-order valence-electron chi connectivity index (χ0n) is 8.21. The molecule has 14 heavy (non-hydrogen) atoms. The van der Waals surface area contributed by atoms with Gasteiger partial charge in [-0.15, -0.1) is 0 Å². The predicted molar refractivity (Wildman–Crippen MR) is 62.9 cm³/mol. The lowest BCUT2D eigenvalue weighted by Crippen LogP contribution is -2.05. The van der Waals surface area contributed by atoms with E-state index in [4.69, 9.17) is 0 Å². The standard InChI is InChI=1S/C11H12BrOS/c1-7-3-6-9(12)10(8-4-5-8)11(7)14(2)13/h3-4,6,8H,5H2,1-2H3. The minimum atomic E-state index is -0.893. The molecule has 2 rings (SSSR count). The van der Waals surface area contributed by atoms with E-state index in [0.717, 1.165) is 21.4 Å². The van der Waals surface area contributed by atoms with Gasteiger partial charge in [0, 0.05) is 15.6 Å². The van der Waals surface area contributed by atoms with Crippen molar-refractivity contribution in [2.24, 2.45) is 0 Å². The van der Waals surface area contributed by atoms with E-state index in [1.807, 2.05) is 19.1 Å². The molecular weight excluding hydrogens is 260 g/mol. The molecule has 1 aliphatic rings. The van der Waals surface area contributed by atoms with Gasteiger partial charge in [-0.25, -0.2) is 0 Å². The summed E-state index contributed by atoms with van der Waals surface area (Å²) < 4.78 is 12.7. The summed E-state index contributed by atoms with van der Waals surface area (Å²) in [4.78, 5) is 1.01. The molecule has 1 nitrogen and oxygen atoms in total. The van der Waals surface area contributed by atoms with Crippen LogP contribution in [-0.2, 0) is 11.2 Å². The number of benzene rings is 1. The molecule has 1 saturated carbocycles. The van der Waals surface area contributed by atoms with Gasteiger partial charge in [0.15, 0.2) is 4.90 Å². The zero-order valence-corrected chi connectivity index (χ0v) is 10.6. The smallest absolute Gasteiger partial charge is 0.159 e. The lowest BCUT2D eigenvalue weighted by Gasteiger charge is -2.14. The van der Waals surface area contributed by atoms with E-state index in [1.54, 1.807) is 6.26 Å². The predicted octanol–water partition coefficient (Wildman–Crippen LogP) is 3.19. The van der Waals surface area contributed by atoms with Gasteiger partial charge in [-0.05, 0) is 42.9 Å². The molecule has 0 N–H and O–H groups in total. The Bertz CT molecular complexity index is 332. The van der Waals surface area contributed by atoms with E-state index in [2.05, 4.69) is 22.4 Å². The summed E-state index contributed by atoms with van der Waals surface area (Å²) in [5.41, 5.74) is 2.36. The molecule has 1 aromatic rings. The second-order valence-electron chi connectivity index (χ2n) is 3.64. The van der Waals surface area contributed by atoms with Gasteiger partial charge in [0.1, 0.15) is 6.26 Å². The molecule has 2 atom stereocenters. The third-order valence-electron chi connectivity index (χ3n) is 2.47. The molecule has 0 amide bonds. The minimum absolute atomic E-state index is 0.517. The molecule has 1 fully saturated rings. The van der Waals surface area contributed by atoms with E-state index >= 15 is 0 Å². The Morgan fingerprint density at radius 3 is 2.64 bits per heavy atom. The highest BCUT2D eigenvalue weighted by Crippen LogP contribution is 2.46. The maximum atomic E-state index is 11.6. The zero-order chi connectivity index (χ0) is 10.3. The van der Waals surface area contributed by atoms with Gasteiger partial charge in [0.05, 0.1) is 0 Å². The third kappa shape index (κ3) is 1.86. The second-order valence-corrected chi connectivity index (χ2v) is 5.81. The van der Waals surface area contributed by atoms with Gasteiger partial charge in [-0.1, -0.05) is 22.0 Å². The SMILES string of the molecule is Cc1ccc(Br)c(C2[CH]C2)c1[S+](C)[O-]. The van der Waals surface area contributed by atoms with E-state index in [9.17, 15) is 4.55 Å². The molecule has 75 valence electrons. The van der Waals surface area contributed by atoms with Crippen LogP contribution in [0.5, 0.6) is 0 Å². The fourth-order valence-corrected chi connectivity index (χ4v) is 3.56.